The van der Waals surface area contributed by atoms with Gasteiger partial charge in [0.25, 0.3) is 15.9 Å². The number of benzene rings is 3. The summed E-state index contributed by atoms with van der Waals surface area (Å²) in [5.74, 6) is 0.107. The number of hydrogen-bond acceptors (Lipinski definition) is 4. The molecule has 0 aromatic heterocycles. The normalized spacial score (nSPS) is 11.1. The van der Waals surface area contributed by atoms with Gasteiger partial charge in [0.1, 0.15) is 5.75 Å². The largest absolute Gasteiger partial charge is 0.484 e. The second kappa shape index (κ2) is 9.85. The zero-order chi connectivity index (χ0) is 22.4. The number of rotatable bonds is 8. The van der Waals surface area contributed by atoms with Crippen LogP contribution < -0.4 is 14.8 Å². The van der Waals surface area contributed by atoms with E-state index in [0.717, 1.165) is 16.7 Å². The first-order valence-electron chi connectivity index (χ1n) is 9.57. The van der Waals surface area contributed by atoms with Crippen LogP contribution in [-0.2, 0) is 21.4 Å². The molecule has 1 amide bonds. The fourth-order valence-corrected chi connectivity index (χ4v) is 4.01. The van der Waals surface area contributed by atoms with E-state index in [9.17, 15) is 13.2 Å². The number of sulfonamides is 1. The molecule has 0 atom stereocenters. The second-order valence-corrected chi connectivity index (χ2v) is 9.21. The molecule has 3 aromatic rings. The highest BCUT2D eigenvalue weighted by molar-refractivity contribution is 7.92. The van der Waals surface area contributed by atoms with Crippen LogP contribution in [0.25, 0.3) is 0 Å². The van der Waals surface area contributed by atoms with Gasteiger partial charge >= 0.3 is 0 Å². The van der Waals surface area contributed by atoms with E-state index in [1.165, 1.54) is 24.3 Å². The molecule has 0 bridgehead atoms. The van der Waals surface area contributed by atoms with E-state index in [1.54, 1.807) is 18.2 Å². The monoisotopic (exact) mass is 458 g/mol. The van der Waals surface area contributed by atoms with Crippen molar-refractivity contribution in [1.29, 1.82) is 0 Å². The summed E-state index contributed by atoms with van der Waals surface area (Å²) in [5.41, 5.74) is 3.25. The summed E-state index contributed by atoms with van der Waals surface area (Å²) in [7, 11) is -3.74. The molecular weight excluding hydrogens is 436 g/mol. The number of halogens is 1. The Labute approximate surface area is 187 Å². The maximum absolute atomic E-state index is 12.7. The van der Waals surface area contributed by atoms with Gasteiger partial charge in [0.2, 0.25) is 0 Å². The summed E-state index contributed by atoms with van der Waals surface area (Å²) in [4.78, 5) is 12.1. The lowest BCUT2D eigenvalue weighted by atomic mass is 10.1. The van der Waals surface area contributed by atoms with Crippen LogP contribution in [0.4, 0.5) is 5.69 Å². The van der Waals surface area contributed by atoms with Gasteiger partial charge in [-0.2, -0.15) is 0 Å². The van der Waals surface area contributed by atoms with Crippen molar-refractivity contribution in [2.45, 2.75) is 25.3 Å². The lowest BCUT2D eigenvalue weighted by Gasteiger charge is -2.12. The molecule has 31 heavy (non-hydrogen) atoms. The van der Waals surface area contributed by atoms with Gasteiger partial charge in [-0.15, -0.1) is 0 Å². The highest BCUT2D eigenvalue weighted by Crippen LogP contribution is 2.22. The molecular formula is C23H23ClN2O4S. The first kappa shape index (κ1) is 22.7. The van der Waals surface area contributed by atoms with Crippen LogP contribution in [0.1, 0.15) is 16.7 Å². The summed E-state index contributed by atoms with van der Waals surface area (Å²) in [6.07, 6.45) is 0. The molecule has 0 aliphatic heterocycles. The Morgan fingerprint density at radius 2 is 1.65 bits per heavy atom. The Bertz CT molecular complexity index is 1160. The molecule has 0 heterocycles. The summed E-state index contributed by atoms with van der Waals surface area (Å²) >= 11 is 5.84. The van der Waals surface area contributed by atoms with Crippen LogP contribution in [0.3, 0.4) is 0 Å². The molecule has 162 valence electrons. The SMILES string of the molecule is Cc1ccc(C)c(NS(=O)(=O)c2ccc(OCC(=O)NCc3ccc(Cl)cc3)cc2)c1. The van der Waals surface area contributed by atoms with Crippen molar-refractivity contribution in [3.8, 4) is 5.75 Å². The number of carbonyl (C=O) groups is 1. The number of amides is 1. The molecule has 0 saturated heterocycles. The average Bonchev–Trinajstić information content (AvgIpc) is 2.74. The van der Waals surface area contributed by atoms with E-state index in [4.69, 9.17) is 16.3 Å². The summed E-state index contributed by atoms with van der Waals surface area (Å²) < 4.78 is 33.4. The van der Waals surface area contributed by atoms with Crippen molar-refractivity contribution in [2.24, 2.45) is 0 Å². The van der Waals surface area contributed by atoms with E-state index in [0.29, 0.717) is 23.0 Å². The van der Waals surface area contributed by atoms with Crippen LogP contribution >= 0.6 is 11.6 Å². The Kier molecular flexibility index (Phi) is 7.20. The van der Waals surface area contributed by atoms with Gasteiger partial charge < -0.3 is 10.1 Å². The highest BCUT2D eigenvalue weighted by atomic mass is 35.5. The summed E-state index contributed by atoms with van der Waals surface area (Å²) in [5, 5.41) is 3.38. The van der Waals surface area contributed by atoms with Crippen molar-refractivity contribution in [3.63, 3.8) is 0 Å². The van der Waals surface area contributed by atoms with Crippen LogP contribution in [0.5, 0.6) is 5.75 Å². The predicted molar refractivity (Wildman–Crippen MR) is 122 cm³/mol. The number of carbonyl (C=O) groups excluding carboxylic acids is 1. The minimum Gasteiger partial charge on any atom is -0.484 e. The third-order valence-corrected chi connectivity index (χ3v) is 6.18. The first-order valence-corrected chi connectivity index (χ1v) is 11.4. The van der Waals surface area contributed by atoms with E-state index in [-0.39, 0.29) is 17.4 Å². The fraction of sp³-hybridized carbons (Fsp3) is 0.174. The molecule has 0 unspecified atom stereocenters. The minimum absolute atomic E-state index is 0.105. The molecule has 0 spiro atoms. The van der Waals surface area contributed by atoms with Crippen LogP contribution in [-0.4, -0.2) is 20.9 Å². The third-order valence-electron chi connectivity index (χ3n) is 4.54. The van der Waals surface area contributed by atoms with Gasteiger partial charge in [0.05, 0.1) is 10.6 Å². The Balaban J connectivity index is 1.55. The maximum atomic E-state index is 12.7. The van der Waals surface area contributed by atoms with Crippen molar-refractivity contribution in [2.75, 3.05) is 11.3 Å². The quantitative estimate of drug-likeness (QED) is 0.522. The fourth-order valence-electron chi connectivity index (χ4n) is 2.77. The Morgan fingerprint density at radius 1 is 0.968 bits per heavy atom. The average molecular weight is 459 g/mol. The third kappa shape index (κ3) is 6.47. The molecule has 0 aliphatic rings. The molecule has 2 N–H and O–H groups in total. The number of nitrogens with one attached hydrogen (secondary N) is 2. The topological polar surface area (TPSA) is 84.5 Å². The number of aryl methyl sites for hydroxylation is 2. The van der Waals surface area contributed by atoms with Crippen molar-refractivity contribution in [1.82, 2.24) is 5.32 Å². The summed E-state index contributed by atoms with van der Waals surface area (Å²) in [6, 6.07) is 18.6. The highest BCUT2D eigenvalue weighted by Gasteiger charge is 2.15. The summed E-state index contributed by atoms with van der Waals surface area (Å²) in [6.45, 7) is 3.92. The van der Waals surface area contributed by atoms with Crippen molar-refractivity contribution >= 4 is 33.2 Å². The van der Waals surface area contributed by atoms with Crippen molar-refractivity contribution in [3.05, 3.63) is 88.4 Å². The molecule has 3 rings (SSSR count). The van der Waals surface area contributed by atoms with Gasteiger partial charge in [-0.05, 0) is 73.0 Å². The number of hydrogen-bond donors (Lipinski definition) is 2. The Hall–Kier alpha value is -3.03. The molecule has 0 fully saturated rings. The van der Waals surface area contributed by atoms with Gasteiger partial charge in [0, 0.05) is 11.6 Å². The molecule has 0 saturated carbocycles. The standard InChI is InChI=1S/C23H23ClN2O4S/c1-16-3-4-17(2)22(13-16)26-31(28,29)21-11-9-20(10-12-21)30-15-23(27)25-14-18-5-7-19(24)8-6-18/h3-13,26H,14-15H2,1-2H3,(H,25,27). The number of anilines is 1. The zero-order valence-corrected chi connectivity index (χ0v) is 18.8. The van der Waals surface area contributed by atoms with Crippen LogP contribution in [0, 0.1) is 13.8 Å². The smallest absolute Gasteiger partial charge is 0.261 e. The molecule has 8 heteroatoms. The van der Waals surface area contributed by atoms with E-state index in [2.05, 4.69) is 10.0 Å². The van der Waals surface area contributed by atoms with E-state index >= 15 is 0 Å². The van der Waals surface area contributed by atoms with Gasteiger partial charge in [0.15, 0.2) is 6.61 Å². The predicted octanol–water partition coefficient (Wildman–Crippen LogP) is 4.45. The number of ether oxygens (including phenoxy) is 1. The van der Waals surface area contributed by atoms with Crippen LogP contribution in [0.2, 0.25) is 5.02 Å². The second-order valence-electron chi connectivity index (χ2n) is 7.09. The van der Waals surface area contributed by atoms with Crippen molar-refractivity contribution < 1.29 is 17.9 Å². The Morgan fingerprint density at radius 3 is 2.32 bits per heavy atom. The molecule has 0 aliphatic carbocycles. The molecule has 3 aromatic carbocycles. The lowest BCUT2D eigenvalue weighted by Crippen LogP contribution is -2.28. The first-order chi connectivity index (χ1) is 14.7. The van der Waals surface area contributed by atoms with E-state index < -0.39 is 10.0 Å². The molecule has 0 radical (unpaired) electrons. The van der Waals surface area contributed by atoms with E-state index in [1.807, 2.05) is 38.1 Å². The van der Waals surface area contributed by atoms with Gasteiger partial charge in [-0.25, -0.2) is 8.42 Å². The van der Waals surface area contributed by atoms with Gasteiger partial charge in [-0.3, -0.25) is 9.52 Å². The lowest BCUT2D eigenvalue weighted by molar-refractivity contribution is -0.123. The maximum Gasteiger partial charge on any atom is 0.261 e. The van der Waals surface area contributed by atoms with Crippen LogP contribution in [0.15, 0.2) is 71.6 Å². The van der Waals surface area contributed by atoms with Gasteiger partial charge in [-0.1, -0.05) is 35.9 Å². The molecule has 6 nitrogen and oxygen atoms in total. The minimum atomic E-state index is -3.74. The zero-order valence-electron chi connectivity index (χ0n) is 17.2.